The number of hydrogen-bond donors (Lipinski definition) is 1. The Labute approximate surface area is 148 Å². The van der Waals surface area contributed by atoms with Crippen molar-refractivity contribution in [1.29, 1.82) is 0 Å². The third-order valence-electron chi connectivity index (χ3n) is 4.20. The topological polar surface area (TPSA) is 34.1 Å². The van der Waals surface area contributed by atoms with Gasteiger partial charge in [0.25, 0.3) is 0 Å². The van der Waals surface area contributed by atoms with Gasteiger partial charge in [-0.05, 0) is 55.2 Å². The zero-order valence-electron chi connectivity index (χ0n) is 14.4. The molecule has 0 aliphatic rings. The number of halogens is 1. The van der Waals surface area contributed by atoms with Gasteiger partial charge in [-0.25, -0.2) is 4.98 Å². The first-order chi connectivity index (χ1) is 11.6. The molecule has 24 heavy (non-hydrogen) atoms. The number of rotatable bonds is 6. The summed E-state index contributed by atoms with van der Waals surface area (Å²) in [7, 11) is 1.69. The lowest BCUT2D eigenvalue weighted by Crippen LogP contribution is -2.05. The Kier molecular flexibility index (Phi) is 5.10. The molecule has 0 saturated carbocycles. The molecule has 126 valence electrons. The highest BCUT2D eigenvalue weighted by Crippen LogP contribution is 2.34. The highest BCUT2D eigenvalue weighted by Gasteiger charge is 2.10. The van der Waals surface area contributed by atoms with Crippen LogP contribution in [0.15, 0.2) is 36.4 Å². The Balaban J connectivity index is 2.08. The number of benzene rings is 2. The molecule has 3 aromatic rings. The molecule has 0 atom stereocenters. The molecule has 0 amide bonds. The zero-order valence-corrected chi connectivity index (χ0v) is 15.2. The zero-order chi connectivity index (χ0) is 17.1. The van der Waals surface area contributed by atoms with Crippen LogP contribution in [-0.4, -0.2) is 18.6 Å². The number of aromatic nitrogens is 1. The Hall–Kier alpha value is -2.00. The number of pyridine rings is 1. The molecule has 3 nitrogen and oxygen atoms in total. The summed E-state index contributed by atoms with van der Waals surface area (Å²) in [5.41, 5.74) is 2.96. The van der Waals surface area contributed by atoms with Gasteiger partial charge in [-0.3, -0.25) is 0 Å². The maximum atomic E-state index is 6.15. The molecule has 0 aliphatic heterocycles. The molecule has 4 heteroatoms. The van der Waals surface area contributed by atoms with Gasteiger partial charge in [0.1, 0.15) is 5.75 Å². The summed E-state index contributed by atoms with van der Waals surface area (Å²) in [4.78, 5) is 4.75. The lowest BCUT2D eigenvalue weighted by atomic mass is 10.1. The molecule has 0 aliphatic carbocycles. The van der Waals surface area contributed by atoms with Crippen LogP contribution in [0.3, 0.4) is 0 Å². The van der Waals surface area contributed by atoms with Crippen LogP contribution in [0.25, 0.3) is 21.8 Å². The first kappa shape index (κ1) is 16.8. The maximum absolute atomic E-state index is 6.15. The number of fused-ring (bicyclic) bond motifs is 2. The quantitative estimate of drug-likeness (QED) is 0.447. The molecular formula is C20H23ClN2O. The van der Waals surface area contributed by atoms with Crippen molar-refractivity contribution in [3.8, 4) is 5.75 Å². The monoisotopic (exact) mass is 342 g/mol. The molecule has 0 unspecified atom stereocenters. The van der Waals surface area contributed by atoms with Gasteiger partial charge in [-0.15, -0.1) is 0 Å². The number of methoxy groups -OCH3 is 1. The van der Waals surface area contributed by atoms with Crippen molar-refractivity contribution in [2.45, 2.75) is 26.7 Å². The van der Waals surface area contributed by atoms with Gasteiger partial charge in [-0.1, -0.05) is 25.4 Å². The average molecular weight is 343 g/mol. The van der Waals surface area contributed by atoms with E-state index in [1.807, 2.05) is 36.4 Å². The van der Waals surface area contributed by atoms with Crippen LogP contribution in [-0.2, 0) is 0 Å². The van der Waals surface area contributed by atoms with Gasteiger partial charge in [0, 0.05) is 22.3 Å². The van der Waals surface area contributed by atoms with Gasteiger partial charge < -0.3 is 10.1 Å². The van der Waals surface area contributed by atoms with Gasteiger partial charge in [-0.2, -0.15) is 0 Å². The van der Waals surface area contributed by atoms with E-state index in [9.17, 15) is 0 Å². The van der Waals surface area contributed by atoms with Gasteiger partial charge in [0.05, 0.1) is 23.8 Å². The van der Waals surface area contributed by atoms with Crippen LogP contribution < -0.4 is 10.1 Å². The maximum Gasteiger partial charge on any atom is 0.119 e. The summed E-state index contributed by atoms with van der Waals surface area (Å²) in [5.74, 6) is 1.56. The van der Waals surface area contributed by atoms with Crippen LogP contribution in [0.2, 0.25) is 5.02 Å². The summed E-state index contributed by atoms with van der Waals surface area (Å²) in [6.45, 7) is 5.44. The predicted octanol–water partition coefficient (Wildman–Crippen LogP) is 5.90. The van der Waals surface area contributed by atoms with Crippen LogP contribution in [0, 0.1) is 5.92 Å². The summed E-state index contributed by atoms with van der Waals surface area (Å²) < 4.78 is 5.39. The van der Waals surface area contributed by atoms with E-state index in [1.54, 1.807) is 7.11 Å². The van der Waals surface area contributed by atoms with Gasteiger partial charge in [0.2, 0.25) is 0 Å². The highest BCUT2D eigenvalue weighted by molar-refractivity contribution is 6.31. The third kappa shape index (κ3) is 3.57. The fraction of sp³-hybridized carbons (Fsp3) is 0.350. The van der Waals surface area contributed by atoms with Crippen molar-refractivity contribution >= 4 is 39.1 Å². The highest BCUT2D eigenvalue weighted by atomic mass is 35.5. The van der Waals surface area contributed by atoms with Crippen molar-refractivity contribution < 1.29 is 4.74 Å². The van der Waals surface area contributed by atoms with E-state index in [2.05, 4.69) is 19.2 Å². The average Bonchev–Trinajstić information content (AvgIpc) is 2.56. The standard InChI is InChI=1S/C20H23ClN2O/c1-13(2)5-4-10-22-20-16-8-6-14(21)11-19(16)23-18-9-7-15(24-3)12-17(18)20/h6-9,11-13H,4-5,10H2,1-3H3,(H,22,23). The largest absolute Gasteiger partial charge is 0.497 e. The van der Waals surface area contributed by atoms with Crippen LogP contribution in [0.1, 0.15) is 26.7 Å². The van der Waals surface area contributed by atoms with Crippen LogP contribution >= 0.6 is 11.6 Å². The fourth-order valence-corrected chi connectivity index (χ4v) is 3.10. The van der Waals surface area contributed by atoms with Crippen LogP contribution in [0.5, 0.6) is 5.75 Å². The molecule has 0 fully saturated rings. The summed E-state index contributed by atoms with van der Waals surface area (Å²) in [6.07, 6.45) is 2.35. The molecule has 0 saturated heterocycles. The molecule has 0 bridgehead atoms. The third-order valence-corrected chi connectivity index (χ3v) is 4.44. The van der Waals surface area contributed by atoms with Gasteiger partial charge >= 0.3 is 0 Å². The van der Waals surface area contributed by atoms with E-state index >= 15 is 0 Å². The summed E-state index contributed by atoms with van der Waals surface area (Å²) in [6, 6.07) is 11.8. The molecule has 0 radical (unpaired) electrons. The van der Waals surface area contributed by atoms with E-state index in [1.165, 1.54) is 6.42 Å². The van der Waals surface area contributed by atoms with Crippen molar-refractivity contribution in [2.24, 2.45) is 5.92 Å². The Bertz CT molecular complexity index is 861. The van der Waals surface area contributed by atoms with Crippen molar-refractivity contribution in [3.63, 3.8) is 0 Å². The fourth-order valence-electron chi connectivity index (χ4n) is 2.94. The van der Waals surface area contributed by atoms with Crippen molar-refractivity contribution in [2.75, 3.05) is 19.0 Å². The molecule has 1 aromatic heterocycles. The minimum atomic E-state index is 0.702. The first-order valence-electron chi connectivity index (χ1n) is 8.39. The van der Waals surface area contributed by atoms with Crippen LogP contribution in [0.4, 0.5) is 5.69 Å². The summed E-state index contributed by atoms with van der Waals surface area (Å²) >= 11 is 6.15. The van der Waals surface area contributed by atoms with E-state index in [0.717, 1.165) is 52.1 Å². The lowest BCUT2D eigenvalue weighted by molar-refractivity contribution is 0.415. The minimum Gasteiger partial charge on any atom is -0.497 e. The smallest absolute Gasteiger partial charge is 0.119 e. The number of ether oxygens (including phenoxy) is 1. The molecular weight excluding hydrogens is 320 g/mol. The van der Waals surface area contributed by atoms with Gasteiger partial charge in [0.15, 0.2) is 0 Å². The predicted molar refractivity (Wildman–Crippen MR) is 103 cm³/mol. The Morgan fingerprint density at radius 1 is 1.08 bits per heavy atom. The Morgan fingerprint density at radius 3 is 2.67 bits per heavy atom. The second-order valence-corrected chi connectivity index (χ2v) is 6.93. The van der Waals surface area contributed by atoms with E-state index in [0.29, 0.717) is 5.02 Å². The van der Waals surface area contributed by atoms with Crippen molar-refractivity contribution in [1.82, 2.24) is 4.98 Å². The molecule has 1 heterocycles. The van der Waals surface area contributed by atoms with E-state index < -0.39 is 0 Å². The molecule has 2 aromatic carbocycles. The minimum absolute atomic E-state index is 0.702. The molecule has 1 N–H and O–H groups in total. The van der Waals surface area contributed by atoms with E-state index in [4.69, 9.17) is 21.3 Å². The number of nitrogens with one attached hydrogen (secondary N) is 1. The summed E-state index contributed by atoms with van der Waals surface area (Å²) in [5, 5.41) is 6.49. The number of nitrogens with zero attached hydrogens (tertiary/aromatic N) is 1. The second kappa shape index (κ2) is 7.27. The number of hydrogen-bond acceptors (Lipinski definition) is 3. The molecule has 3 rings (SSSR count). The van der Waals surface area contributed by atoms with Crippen molar-refractivity contribution in [3.05, 3.63) is 41.4 Å². The van der Waals surface area contributed by atoms with E-state index in [-0.39, 0.29) is 0 Å². The normalized spacial score (nSPS) is 11.4. The Morgan fingerprint density at radius 2 is 1.92 bits per heavy atom. The second-order valence-electron chi connectivity index (χ2n) is 6.49. The molecule has 0 spiro atoms. The lowest BCUT2D eigenvalue weighted by Gasteiger charge is -2.14. The SMILES string of the molecule is COc1ccc2nc3cc(Cl)ccc3c(NCCCC(C)C)c2c1. The number of anilines is 1. The first-order valence-corrected chi connectivity index (χ1v) is 8.77.